The number of thiocarbonyl (C=S) groups is 1. The van der Waals surface area contributed by atoms with Gasteiger partial charge in [0, 0.05) is 13.0 Å². The van der Waals surface area contributed by atoms with E-state index in [2.05, 4.69) is 15.8 Å². The first-order chi connectivity index (χ1) is 11.2. The number of benzene rings is 1. The third kappa shape index (κ3) is 6.17. The monoisotopic (exact) mass is 343 g/mol. The molecular formula is C15H21F2N4OS+. The molecule has 0 atom stereocenters. The van der Waals surface area contributed by atoms with Gasteiger partial charge in [-0.3, -0.25) is 5.43 Å². The molecule has 0 bridgehead atoms. The molecule has 1 aliphatic heterocycles. The number of rotatable bonds is 6. The average Bonchev–Trinajstić information content (AvgIpc) is 2.55. The van der Waals surface area contributed by atoms with Crippen LogP contribution >= 0.6 is 12.2 Å². The van der Waals surface area contributed by atoms with E-state index < -0.39 is 11.6 Å². The number of nitrogens with one attached hydrogen (secondary N) is 3. The minimum Gasteiger partial charge on any atom is -0.370 e. The predicted octanol–water partition coefficient (Wildman–Crippen LogP) is 0.0680. The van der Waals surface area contributed by atoms with Crippen molar-refractivity contribution in [2.75, 3.05) is 39.4 Å². The fraction of sp³-hybridized carbons (Fsp3) is 0.467. The summed E-state index contributed by atoms with van der Waals surface area (Å²) in [7, 11) is 0. The average molecular weight is 343 g/mol. The lowest BCUT2D eigenvalue weighted by Gasteiger charge is -2.23. The van der Waals surface area contributed by atoms with E-state index >= 15 is 0 Å². The zero-order valence-corrected chi connectivity index (χ0v) is 13.6. The summed E-state index contributed by atoms with van der Waals surface area (Å²) < 4.78 is 32.1. The van der Waals surface area contributed by atoms with E-state index in [-0.39, 0.29) is 5.56 Å². The Morgan fingerprint density at radius 1 is 1.30 bits per heavy atom. The minimum atomic E-state index is -0.664. The number of hydrogen-bond acceptors (Lipinski definition) is 3. The maximum atomic E-state index is 13.4. The maximum absolute atomic E-state index is 13.4. The topological polar surface area (TPSA) is 50.1 Å². The van der Waals surface area contributed by atoms with Gasteiger partial charge >= 0.3 is 0 Å². The molecule has 1 aromatic carbocycles. The normalized spacial score (nSPS) is 15.7. The number of nitrogens with zero attached hydrogens (tertiary/aromatic N) is 1. The number of hydrazone groups is 1. The summed E-state index contributed by atoms with van der Waals surface area (Å²) in [6, 6.07) is 3.65. The van der Waals surface area contributed by atoms with Gasteiger partial charge in [-0.05, 0) is 24.4 Å². The third-order valence-corrected chi connectivity index (χ3v) is 3.79. The number of halogens is 2. The fourth-order valence-electron chi connectivity index (χ4n) is 2.28. The van der Waals surface area contributed by atoms with Crippen LogP contribution in [0.25, 0.3) is 0 Å². The summed E-state index contributed by atoms with van der Waals surface area (Å²) in [5.74, 6) is -1.33. The molecule has 2 rings (SSSR count). The first-order valence-electron chi connectivity index (χ1n) is 7.59. The zero-order valence-electron chi connectivity index (χ0n) is 12.8. The summed E-state index contributed by atoms with van der Waals surface area (Å²) in [6.45, 7) is 5.51. The molecule has 0 aromatic heterocycles. The van der Waals surface area contributed by atoms with Crippen LogP contribution in [0.2, 0.25) is 0 Å². The fourth-order valence-corrected chi connectivity index (χ4v) is 2.43. The van der Waals surface area contributed by atoms with E-state index in [1.807, 2.05) is 0 Å². The molecule has 1 aliphatic rings. The van der Waals surface area contributed by atoms with Crippen molar-refractivity contribution >= 4 is 23.5 Å². The van der Waals surface area contributed by atoms with Crippen molar-refractivity contribution in [1.82, 2.24) is 10.7 Å². The lowest BCUT2D eigenvalue weighted by atomic mass is 10.2. The molecule has 0 aliphatic carbocycles. The van der Waals surface area contributed by atoms with Crippen LogP contribution in [0.15, 0.2) is 23.3 Å². The van der Waals surface area contributed by atoms with Gasteiger partial charge in [-0.15, -0.1) is 0 Å². The van der Waals surface area contributed by atoms with Gasteiger partial charge in [-0.25, -0.2) is 8.78 Å². The van der Waals surface area contributed by atoms with Crippen LogP contribution in [0.5, 0.6) is 0 Å². The Morgan fingerprint density at radius 3 is 2.70 bits per heavy atom. The van der Waals surface area contributed by atoms with Crippen molar-refractivity contribution in [1.29, 1.82) is 0 Å². The molecule has 0 amide bonds. The Balaban J connectivity index is 1.64. The number of hydrogen-bond donors (Lipinski definition) is 3. The smallest absolute Gasteiger partial charge is 0.186 e. The highest BCUT2D eigenvalue weighted by atomic mass is 32.1. The van der Waals surface area contributed by atoms with Gasteiger partial charge in [0.2, 0.25) is 0 Å². The molecule has 1 aromatic rings. The Kier molecular flexibility index (Phi) is 7.31. The summed E-state index contributed by atoms with van der Waals surface area (Å²) in [4.78, 5) is 1.53. The predicted molar refractivity (Wildman–Crippen MR) is 88.7 cm³/mol. The highest BCUT2D eigenvalue weighted by Crippen LogP contribution is 2.08. The second kappa shape index (κ2) is 9.49. The molecule has 0 spiro atoms. The van der Waals surface area contributed by atoms with Gasteiger partial charge in [-0.2, -0.15) is 5.10 Å². The lowest BCUT2D eigenvalue weighted by Crippen LogP contribution is -3.14. The number of ether oxygens (including phenoxy) is 1. The molecular weight excluding hydrogens is 322 g/mol. The molecule has 126 valence electrons. The zero-order chi connectivity index (χ0) is 16.5. The maximum Gasteiger partial charge on any atom is 0.186 e. The summed E-state index contributed by atoms with van der Waals surface area (Å²) >= 11 is 5.05. The lowest BCUT2D eigenvalue weighted by molar-refractivity contribution is -0.908. The van der Waals surface area contributed by atoms with Gasteiger partial charge in [0.1, 0.15) is 24.7 Å². The standard InChI is InChI=1S/C15H20F2N4OS/c16-13-3-1-4-14(17)12(13)11-19-20-15(23)18-5-2-6-21-7-9-22-10-8-21/h1,3-4,11H,2,5-10H2,(H2,18,20,23)/p+1/b19-11-. The Morgan fingerprint density at radius 2 is 2.00 bits per heavy atom. The second-order valence-electron chi connectivity index (χ2n) is 5.23. The van der Waals surface area contributed by atoms with Crippen molar-refractivity contribution in [3.05, 3.63) is 35.4 Å². The highest BCUT2D eigenvalue weighted by molar-refractivity contribution is 7.80. The summed E-state index contributed by atoms with van der Waals surface area (Å²) in [5.41, 5.74) is 2.36. The molecule has 23 heavy (non-hydrogen) atoms. The van der Waals surface area contributed by atoms with Crippen molar-refractivity contribution in [3.63, 3.8) is 0 Å². The Labute approximate surface area is 139 Å². The van der Waals surface area contributed by atoms with Crippen molar-refractivity contribution in [2.24, 2.45) is 5.10 Å². The van der Waals surface area contributed by atoms with Crippen LogP contribution < -0.4 is 15.6 Å². The van der Waals surface area contributed by atoms with Crippen LogP contribution in [0.1, 0.15) is 12.0 Å². The Hall–Kier alpha value is -1.64. The molecule has 8 heteroatoms. The van der Waals surface area contributed by atoms with Crippen molar-refractivity contribution in [2.45, 2.75) is 6.42 Å². The third-order valence-electron chi connectivity index (χ3n) is 3.55. The van der Waals surface area contributed by atoms with Crippen molar-refractivity contribution < 1.29 is 18.4 Å². The Bertz CT molecular complexity index is 530. The first kappa shape index (κ1) is 17.7. The molecule has 1 saturated heterocycles. The van der Waals surface area contributed by atoms with Gasteiger partial charge in [0.05, 0.1) is 31.5 Å². The van der Waals surface area contributed by atoms with Gasteiger partial charge in [0.25, 0.3) is 0 Å². The number of quaternary nitrogens is 1. The van der Waals surface area contributed by atoms with Crippen LogP contribution in [-0.4, -0.2) is 50.7 Å². The van der Waals surface area contributed by atoms with E-state index in [0.29, 0.717) is 5.11 Å². The van der Waals surface area contributed by atoms with Crippen molar-refractivity contribution in [3.8, 4) is 0 Å². The molecule has 0 radical (unpaired) electrons. The second-order valence-corrected chi connectivity index (χ2v) is 5.64. The van der Waals surface area contributed by atoms with Crippen LogP contribution in [0, 0.1) is 11.6 Å². The highest BCUT2D eigenvalue weighted by Gasteiger charge is 2.12. The van der Waals surface area contributed by atoms with Crippen LogP contribution in [0.4, 0.5) is 8.78 Å². The van der Waals surface area contributed by atoms with Crippen LogP contribution in [-0.2, 0) is 4.74 Å². The van der Waals surface area contributed by atoms with Crippen LogP contribution in [0.3, 0.4) is 0 Å². The van der Waals surface area contributed by atoms with E-state index in [1.54, 1.807) is 0 Å². The molecule has 1 heterocycles. The summed E-state index contributed by atoms with van der Waals surface area (Å²) in [5, 5.41) is 7.09. The van der Waals surface area contributed by atoms with Gasteiger partial charge in [0.15, 0.2) is 5.11 Å². The van der Waals surface area contributed by atoms with E-state index in [0.717, 1.165) is 52.0 Å². The van der Waals surface area contributed by atoms with E-state index in [9.17, 15) is 8.78 Å². The van der Waals surface area contributed by atoms with Gasteiger partial charge in [-0.1, -0.05) is 6.07 Å². The largest absolute Gasteiger partial charge is 0.370 e. The molecule has 0 saturated carbocycles. The first-order valence-corrected chi connectivity index (χ1v) is 8.00. The molecule has 1 fully saturated rings. The molecule has 5 nitrogen and oxygen atoms in total. The minimum absolute atomic E-state index is 0.196. The molecule has 3 N–H and O–H groups in total. The SMILES string of the molecule is Fc1cccc(F)c1/C=N\NC(=S)NCCC[NH+]1CCOCC1. The van der Waals surface area contributed by atoms with E-state index in [4.69, 9.17) is 17.0 Å². The van der Waals surface area contributed by atoms with Gasteiger partial charge < -0.3 is 15.0 Å². The quantitative estimate of drug-likeness (QED) is 0.296. The molecule has 0 unspecified atom stereocenters. The van der Waals surface area contributed by atoms with E-state index in [1.165, 1.54) is 23.1 Å². The summed E-state index contributed by atoms with van der Waals surface area (Å²) in [6.07, 6.45) is 2.05. The number of morpholine rings is 1.